The van der Waals surface area contributed by atoms with Gasteiger partial charge in [0, 0.05) is 44.2 Å². The molecule has 1 saturated heterocycles. The van der Waals surface area contributed by atoms with Crippen LogP contribution in [0.25, 0.3) is 0 Å². The number of hydrogen-bond acceptors (Lipinski definition) is 6. The number of aliphatic hydroxyl groups excluding tert-OH is 2. The van der Waals surface area contributed by atoms with Gasteiger partial charge in [0.15, 0.2) is 5.76 Å². The molecule has 0 amide bonds. The molecule has 2 fully saturated rings. The predicted molar refractivity (Wildman–Crippen MR) is 98.9 cm³/mol. The molecule has 148 valence electrons. The van der Waals surface area contributed by atoms with Crippen LogP contribution in [0.1, 0.15) is 68.7 Å². The summed E-state index contributed by atoms with van der Waals surface area (Å²) in [6.07, 6.45) is 8.17. The average molecular weight is 367 g/mol. The van der Waals surface area contributed by atoms with Gasteiger partial charge in [-0.1, -0.05) is 24.4 Å². The van der Waals surface area contributed by atoms with Gasteiger partial charge in [0.25, 0.3) is 0 Å². The molecule has 26 heavy (non-hydrogen) atoms. The number of nitrogens with zero attached hydrogens (tertiary/aromatic N) is 2. The molecule has 1 aliphatic heterocycles. The van der Waals surface area contributed by atoms with Gasteiger partial charge in [-0.2, -0.15) is 0 Å². The van der Waals surface area contributed by atoms with Crippen LogP contribution >= 0.6 is 0 Å². The number of aromatic nitrogens is 1. The third-order valence-corrected chi connectivity index (χ3v) is 6.28. The zero-order valence-electron chi connectivity index (χ0n) is 16.0. The summed E-state index contributed by atoms with van der Waals surface area (Å²) in [4.78, 5) is 2.28. The third-order valence-electron chi connectivity index (χ3n) is 6.28. The smallest absolute Gasteiger partial charge is 0.150 e. The van der Waals surface area contributed by atoms with Gasteiger partial charge in [0.2, 0.25) is 0 Å². The summed E-state index contributed by atoms with van der Waals surface area (Å²) in [5.41, 5.74) is 0.633. The summed E-state index contributed by atoms with van der Waals surface area (Å²) in [5, 5.41) is 24.8. The largest absolute Gasteiger partial charge is 0.396 e. The molecule has 1 saturated carbocycles. The number of aliphatic hydroxyl groups is 2. The average Bonchev–Trinajstić information content (AvgIpc) is 3.14. The van der Waals surface area contributed by atoms with E-state index in [1.54, 1.807) is 7.11 Å². The molecule has 3 rings (SSSR count). The third kappa shape index (κ3) is 4.66. The molecular formula is C20H34N2O4. The second-order valence-corrected chi connectivity index (χ2v) is 8.18. The lowest BCUT2D eigenvalue weighted by Gasteiger charge is -2.45. The van der Waals surface area contributed by atoms with Crippen molar-refractivity contribution in [2.75, 3.05) is 33.4 Å². The van der Waals surface area contributed by atoms with Gasteiger partial charge in [-0.15, -0.1) is 0 Å². The normalized spacial score (nSPS) is 28.5. The van der Waals surface area contributed by atoms with Crippen LogP contribution in [0.4, 0.5) is 0 Å². The summed E-state index contributed by atoms with van der Waals surface area (Å²) in [5.74, 6) is 1.45. The Morgan fingerprint density at radius 1 is 1.31 bits per heavy atom. The molecule has 0 bridgehead atoms. The maximum Gasteiger partial charge on any atom is 0.150 e. The van der Waals surface area contributed by atoms with Gasteiger partial charge in [-0.25, -0.2) is 0 Å². The van der Waals surface area contributed by atoms with Crippen molar-refractivity contribution in [2.24, 2.45) is 5.41 Å². The Morgan fingerprint density at radius 2 is 2.12 bits per heavy atom. The highest BCUT2D eigenvalue weighted by Gasteiger charge is 2.42. The molecule has 0 spiro atoms. The van der Waals surface area contributed by atoms with Crippen LogP contribution in [0.5, 0.6) is 0 Å². The first-order chi connectivity index (χ1) is 12.7. The van der Waals surface area contributed by atoms with Gasteiger partial charge >= 0.3 is 0 Å². The summed E-state index contributed by atoms with van der Waals surface area (Å²) >= 11 is 0. The van der Waals surface area contributed by atoms with Crippen LogP contribution < -0.4 is 0 Å². The second-order valence-electron chi connectivity index (χ2n) is 8.18. The van der Waals surface area contributed by atoms with Gasteiger partial charge < -0.3 is 19.5 Å². The highest BCUT2D eigenvalue weighted by Crippen LogP contribution is 2.36. The van der Waals surface area contributed by atoms with Crippen LogP contribution in [-0.2, 0) is 11.3 Å². The summed E-state index contributed by atoms with van der Waals surface area (Å²) in [7, 11) is 1.68. The Balaban J connectivity index is 1.59. The first-order valence-electron chi connectivity index (χ1n) is 10.1. The van der Waals surface area contributed by atoms with Crippen LogP contribution in [0.2, 0.25) is 0 Å². The molecule has 2 atom stereocenters. The van der Waals surface area contributed by atoms with E-state index in [0.717, 1.165) is 30.8 Å². The van der Waals surface area contributed by atoms with E-state index in [9.17, 15) is 10.2 Å². The summed E-state index contributed by atoms with van der Waals surface area (Å²) in [6.45, 7) is 2.83. The topological polar surface area (TPSA) is 79.0 Å². The van der Waals surface area contributed by atoms with E-state index in [1.807, 2.05) is 0 Å². The van der Waals surface area contributed by atoms with Crippen LogP contribution in [0.15, 0.2) is 10.6 Å². The fourth-order valence-electron chi connectivity index (χ4n) is 4.64. The molecule has 0 aromatic carbocycles. The first kappa shape index (κ1) is 19.8. The number of likely N-dealkylation sites (tertiary alicyclic amines) is 1. The van der Waals surface area contributed by atoms with Crippen molar-refractivity contribution in [2.45, 2.75) is 69.9 Å². The van der Waals surface area contributed by atoms with Crippen molar-refractivity contribution in [3.05, 3.63) is 17.5 Å². The molecule has 0 radical (unpaired) electrons. The number of hydrogen-bond donors (Lipinski definition) is 2. The molecule has 2 heterocycles. The molecule has 1 aromatic rings. The Kier molecular flexibility index (Phi) is 7.09. The fourth-order valence-corrected chi connectivity index (χ4v) is 4.64. The number of rotatable bonds is 8. The Bertz CT molecular complexity index is 544. The summed E-state index contributed by atoms with van der Waals surface area (Å²) in [6, 6.07) is 2.12. The maximum absolute atomic E-state index is 10.5. The fraction of sp³-hybridized carbons (Fsp3) is 0.850. The minimum absolute atomic E-state index is 0.00188. The number of methoxy groups -OCH3 is 1. The highest BCUT2D eigenvalue weighted by atomic mass is 16.5. The van der Waals surface area contributed by atoms with Gasteiger partial charge in [-0.3, -0.25) is 4.90 Å². The lowest BCUT2D eigenvalue weighted by atomic mass is 9.74. The van der Waals surface area contributed by atoms with E-state index in [1.165, 1.54) is 32.1 Å². The van der Waals surface area contributed by atoms with Crippen molar-refractivity contribution >= 4 is 0 Å². The predicted octanol–water partition coefficient (Wildman–Crippen LogP) is 2.69. The van der Waals surface area contributed by atoms with Gasteiger partial charge in [0.05, 0.1) is 24.9 Å². The minimum atomic E-state index is -0.469. The quantitative estimate of drug-likeness (QED) is 0.689. The van der Waals surface area contributed by atoms with E-state index in [2.05, 4.69) is 16.1 Å². The van der Waals surface area contributed by atoms with Gasteiger partial charge in [-0.05, 0) is 32.1 Å². The molecule has 1 aliphatic carbocycles. The molecule has 2 N–H and O–H groups in total. The molecule has 6 heteroatoms. The van der Waals surface area contributed by atoms with E-state index in [-0.39, 0.29) is 6.61 Å². The molecular weight excluding hydrogens is 332 g/mol. The van der Waals surface area contributed by atoms with Crippen molar-refractivity contribution in [3.8, 4) is 0 Å². The van der Waals surface area contributed by atoms with Gasteiger partial charge in [0.1, 0.15) is 0 Å². The highest BCUT2D eigenvalue weighted by molar-refractivity contribution is 5.11. The zero-order valence-corrected chi connectivity index (χ0v) is 16.0. The maximum atomic E-state index is 10.5. The minimum Gasteiger partial charge on any atom is -0.396 e. The Hall–Kier alpha value is -0.950. The Labute approximate surface area is 156 Å². The van der Waals surface area contributed by atoms with Crippen molar-refractivity contribution in [1.29, 1.82) is 0 Å². The van der Waals surface area contributed by atoms with Crippen molar-refractivity contribution < 1.29 is 19.5 Å². The van der Waals surface area contributed by atoms with Crippen molar-refractivity contribution in [3.63, 3.8) is 0 Å². The lowest BCUT2D eigenvalue weighted by molar-refractivity contribution is -0.0855. The second kappa shape index (κ2) is 9.31. The zero-order chi connectivity index (χ0) is 18.4. The SMILES string of the molecule is COCCC[C@@]1(CO)CN(Cc2cc(C3CCCCC3)no2)CC[C@H]1O. The van der Waals surface area contributed by atoms with Crippen molar-refractivity contribution in [1.82, 2.24) is 10.1 Å². The number of piperidine rings is 1. The van der Waals surface area contributed by atoms with E-state index < -0.39 is 11.5 Å². The Morgan fingerprint density at radius 3 is 2.85 bits per heavy atom. The summed E-state index contributed by atoms with van der Waals surface area (Å²) < 4.78 is 10.8. The molecule has 1 aromatic heterocycles. The standard InChI is InChI=1S/C20H34N2O4/c1-25-11-5-9-20(15-23)14-22(10-8-19(20)24)13-17-12-18(21-26-17)16-6-3-2-4-7-16/h12,16,19,23-24H,2-11,13-15H2,1H3/t19-,20+/m1/s1. The van der Waals surface area contributed by atoms with E-state index >= 15 is 0 Å². The lowest BCUT2D eigenvalue weighted by Crippen LogP contribution is -2.53. The van der Waals surface area contributed by atoms with E-state index in [0.29, 0.717) is 32.0 Å². The monoisotopic (exact) mass is 366 g/mol. The van der Waals surface area contributed by atoms with Crippen LogP contribution in [-0.4, -0.2) is 59.8 Å². The number of ether oxygens (including phenoxy) is 1. The van der Waals surface area contributed by atoms with Crippen LogP contribution in [0, 0.1) is 5.41 Å². The van der Waals surface area contributed by atoms with E-state index in [4.69, 9.17) is 9.26 Å². The molecule has 2 aliphatic rings. The van der Waals surface area contributed by atoms with Crippen LogP contribution in [0.3, 0.4) is 0 Å². The molecule has 6 nitrogen and oxygen atoms in total. The first-order valence-corrected chi connectivity index (χ1v) is 10.1. The molecule has 0 unspecified atom stereocenters.